The predicted molar refractivity (Wildman–Crippen MR) is 46.3 cm³/mol. The first kappa shape index (κ1) is 8.96. The second-order valence-electron chi connectivity index (χ2n) is 2.90. The van der Waals surface area contributed by atoms with Gasteiger partial charge in [0.2, 0.25) is 5.95 Å². The van der Waals surface area contributed by atoms with Gasteiger partial charge >= 0.3 is 0 Å². The van der Waals surface area contributed by atoms with Gasteiger partial charge in [-0.15, -0.1) is 0 Å². The summed E-state index contributed by atoms with van der Waals surface area (Å²) in [6.45, 7) is 5.15. The Morgan fingerprint density at radius 3 is 2.50 bits per heavy atom. The minimum Gasteiger partial charge on any atom is -0.367 e. The first-order valence-corrected chi connectivity index (χ1v) is 4.29. The van der Waals surface area contributed by atoms with Crippen molar-refractivity contribution in [1.29, 1.82) is 0 Å². The molecule has 0 bridgehead atoms. The Morgan fingerprint density at radius 1 is 1.42 bits per heavy atom. The second-order valence-corrected chi connectivity index (χ2v) is 2.90. The van der Waals surface area contributed by atoms with E-state index in [2.05, 4.69) is 29.4 Å². The molecular formula is C7H15N5. The van der Waals surface area contributed by atoms with Gasteiger partial charge in [-0.1, -0.05) is 31.8 Å². The number of nitrogen functional groups attached to an aromatic ring is 1. The number of tetrazole rings is 1. The molecule has 0 saturated carbocycles. The largest absolute Gasteiger partial charge is 0.367 e. The molecule has 0 amide bonds. The number of hydrogen-bond donors (Lipinski definition) is 1. The van der Waals surface area contributed by atoms with Gasteiger partial charge in [0.15, 0.2) is 0 Å². The standard InChI is InChI=1S/C7H15N5/c1-3-6(4-2)5-12-7(8)9-10-11-12/h6H,3-5H2,1-2H3,(H2,8,9,11). The van der Waals surface area contributed by atoms with Crippen molar-refractivity contribution in [1.82, 2.24) is 20.2 Å². The van der Waals surface area contributed by atoms with Crippen LogP contribution in [0.2, 0.25) is 0 Å². The molecule has 5 heteroatoms. The Balaban J connectivity index is 2.56. The maximum absolute atomic E-state index is 5.53. The van der Waals surface area contributed by atoms with Crippen LogP contribution in [0.1, 0.15) is 26.7 Å². The maximum atomic E-state index is 5.53. The van der Waals surface area contributed by atoms with E-state index in [4.69, 9.17) is 5.73 Å². The van der Waals surface area contributed by atoms with Gasteiger partial charge < -0.3 is 5.73 Å². The Hall–Kier alpha value is -1.13. The summed E-state index contributed by atoms with van der Waals surface area (Å²) in [6.07, 6.45) is 2.27. The molecule has 0 saturated heterocycles. The highest BCUT2D eigenvalue weighted by atomic mass is 15.6. The van der Waals surface area contributed by atoms with Crippen molar-refractivity contribution in [3.05, 3.63) is 0 Å². The molecule has 68 valence electrons. The van der Waals surface area contributed by atoms with Crippen LogP contribution >= 0.6 is 0 Å². The Morgan fingerprint density at radius 2 is 2.08 bits per heavy atom. The van der Waals surface area contributed by atoms with Crippen molar-refractivity contribution in [2.24, 2.45) is 5.92 Å². The lowest BCUT2D eigenvalue weighted by Crippen LogP contribution is -2.13. The van der Waals surface area contributed by atoms with E-state index in [1.165, 1.54) is 0 Å². The summed E-state index contributed by atoms with van der Waals surface area (Å²) >= 11 is 0. The second kappa shape index (κ2) is 4.04. The van der Waals surface area contributed by atoms with Crippen LogP contribution in [-0.4, -0.2) is 20.2 Å². The molecule has 2 N–H and O–H groups in total. The van der Waals surface area contributed by atoms with Crippen LogP contribution in [0.5, 0.6) is 0 Å². The molecule has 1 aromatic rings. The molecule has 12 heavy (non-hydrogen) atoms. The topological polar surface area (TPSA) is 69.6 Å². The molecule has 0 fully saturated rings. The fourth-order valence-electron chi connectivity index (χ4n) is 1.13. The van der Waals surface area contributed by atoms with Gasteiger partial charge in [0, 0.05) is 6.54 Å². The lowest BCUT2D eigenvalue weighted by Gasteiger charge is -2.10. The molecule has 1 aromatic heterocycles. The van der Waals surface area contributed by atoms with Gasteiger partial charge in [-0.05, 0) is 16.3 Å². The number of aromatic nitrogens is 4. The lowest BCUT2D eigenvalue weighted by molar-refractivity contribution is 0.393. The van der Waals surface area contributed by atoms with Crippen LogP contribution in [0.3, 0.4) is 0 Å². The molecule has 0 aliphatic rings. The molecular weight excluding hydrogens is 154 g/mol. The molecule has 0 atom stereocenters. The van der Waals surface area contributed by atoms with Crippen molar-refractivity contribution in [2.45, 2.75) is 33.2 Å². The van der Waals surface area contributed by atoms with Gasteiger partial charge in [0.05, 0.1) is 0 Å². The average molecular weight is 169 g/mol. The van der Waals surface area contributed by atoms with E-state index in [1.807, 2.05) is 0 Å². The van der Waals surface area contributed by atoms with E-state index in [9.17, 15) is 0 Å². The quantitative estimate of drug-likeness (QED) is 0.720. The molecule has 5 nitrogen and oxygen atoms in total. The third-order valence-corrected chi connectivity index (χ3v) is 2.15. The van der Waals surface area contributed by atoms with Crippen LogP contribution in [0.25, 0.3) is 0 Å². The highest BCUT2D eigenvalue weighted by Crippen LogP contribution is 2.10. The molecule has 0 radical (unpaired) electrons. The third kappa shape index (κ3) is 1.93. The van der Waals surface area contributed by atoms with E-state index in [1.54, 1.807) is 4.68 Å². The fourth-order valence-corrected chi connectivity index (χ4v) is 1.13. The maximum Gasteiger partial charge on any atom is 0.240 e. The van der Waals surface area contributed by atoms with Crippen LogP contribution < -0.4 is 5.73 Å². The summed E-state index contributed by atoms with van der Waals surface area (Å²) in [5.41, 5.74) is 5.53. The number of hydrogen-bond acceptors (Lipinski definition) is 4. The Bertz CT molecular complexity index is 227. The minimum atomic E-state index is 0.405. The van der Waals surface area contributed by atoms with Crippen molar-refractivity contribution in [3.8, 4) is 0 Å². The monoisotopic (exact) mass is 169 g/mol. The lowest BCUT2D eigenvalue weighted by atomic mass is 10.0. The number of nitrogens with zero attached hydrogens (tertiary/aromatic N) is 4. The SMILES string of the molecule is CCC(CC)Cn1nnnc1N. The Labute approximate surface area is 71.9 Å². The molecule has 0 aromatic carbocycles. The fraction of sp³-hybridized carbons (Fsp3) is 0.857. The first-order valence-electron chi connectivity index (χ1n) is 4.29. The molecule has 1 rings (SSSR count). The van der Waals surface area contributed by atoms with E-state index >= 15 is 0 Å². The van der Waals surface area contributed by atoms with Gasteiger partial charge in [-0.2, -0.15) is 0 Å². The zero-order valence-corrected chi connectivity index (χ0v) is 7.56. The van der Waals surface area contributed by atoms with Gasteiger partial charge in [0.25, 0.3) is 0 Å². The van der Waals surface area contributed by atoms with Gasteiger partial charge in [-0.3, -0.25) is 0 Å². The number of rotatable bonds is 4. The zero-order valence-electron chi connectivity index (χ0n) is 7.56. The van der Waals surface area contributed by atoms with Crippen molar-refractivity contribution < 1.29 is 0 Å². The van der Waals surface area contributed by atoms with E-state index in [0.717, 1.165) is 19.4 Å². The molecule has 0 spiro atoms. The van der Waals surface area contributed by atoms with E-state index in [-0.39, 0.29) is 0 Å². The number of anilines is 1. The van der Waals surface area contributed by atoms with Gasteiger partial charge in [-0.25, -0.2) is 4.68 Å². The Kier molecular flexibility index (Phi) is 3.01. The van der Waals surface area contributed by atoms with Crippen molar-refractivity contribution >= 4 is 5.95 Å². The minimum absolute atomic E-state index is 0.405. The summed E-state index contributed by atoms with van der Waals surface area (Å²) < 4.78 is 1.65. The highest BCUT2D eigenvalue weighted by molar-refractivity contribution is 5.09. The van der Waals surface area contributed by atoms with Crippen LogP contribution in [-0.2, 0) is 6.54 Å². The van der Waals surface area contributed by atoms with Crippen molar-refractivity contribution in [2.75, 3.05) is 5.73 Å². The summed E-state index contributed by atoms with van der Waals surface area (Å²) in [7, 11) is 0. The molecule has 1 heterocycles. The molecule has 0 unspecified atom stereocenters. The first-order chi connectivity index (χ1) is 5.77. The summed E-state index contributed by atoms with van der Waals surface area (Å²) in [6, 6.07) is 0. The summed E-state index contributed by atoms with van der Waals surface area (Å²) in [5.74, 6) is 1.03. The highest BCUT2D eigenvalue weighted by Gasteiger charge is 2.07. The average Bonchev–Trinajstić information content (AvgIpc) is 2.47. The van der Waals surface area contributed by atoms with Crippen LogP contribution in [0.4, 0.5) is 5.95 Å². The summed E-state index contributed by atoms with van der Waals surface area (Å²) in [5, 5.41) is 10.9. The van der Waals surface area contributed by atoms with Crippen molar-refractivity contribution in [3.63, 3.8) is 0 Å². The van der Waals surface area contributed by atoms with Gasteiger partial charge in [0.1, 0.15) is 0 Å². The summed E-state index contributed by atoms with van der Waals surface area (Å²) in [4.78, 5) is 0. The van der Waals surface area contributed by atoms with E-state index in [0.29, 0.717) is 11.9 Å². The smallest absolute Gasteiger partial charge is 0.240 e. The van der Waals surface area contributed by atoms with Crippen LogP contribution in [0, 0.1) is 5.92 Å². The van der Waals surface area contributed by atoms with Crippen LogP contribution in [0.15, 0.2) is 0 Å². The third-order valence-electron chi connectivity index (χ3n) is 2.15. The molecule has 0 aliphatic carbocycles. The molecule has 0 aliphatic heterocycles. The van der Waals surface area contributed by atoms with E-state index < -0.39 is 0 Å². The zero-order chi connectivity index (χ0) is 8.97. The number of nitrogens with two attached hydrogens (primary N) is 1. The predicted octanol–water partition coefficient (Wildman–Crippen LogP) is 0.691. The normalized spacial score (nSPS) is 10.9.